The minimum absolute atomic E-state index is 0.146. The molecule has 0 amide bonds. The van der Waals surface area contributed by atoms with Gasteiger partial charge in [-0.25, -0.2) is 0 Å². The SMILES string of the molecule is C=C(C)C(=O)SCC1CSC(CSCCSCCSCC2CSCC(CSC(=O)C(=C)C)S2)CS1. The Labute approximate surface area is 251 Å². The van der Waals surface area contributed by atoms with Crippen LogP contribution in [0.15, 0.2) is 24.3 Å². The van der Waals surface area contributed by atoms with E-state index < -0.39 is 0 Å². The van der Waals surface area contributed by atoms with Gasteiger partial charge in [0, 0.05) is 90.0 Å². The summed E-state index contributed by atoms with van der Waals surface area (Å²) in [5.74, 6) is 14.1. The van der Waals surface area contributed by atoms with Crippen LogP contribution in [0.4, 0.5) is 0 Å². The van der Waals surface area contributed by atoms with E-state index in [0.29, 0.717) is 21.6 Å². The zero-order valence-corrected chi connectivity index (χ0v) is 28.0. The van der Waals surface area contributed by atoms with Crippen molar-refractivity contribution in [2.75, 3.05) is 69.0 Å². The molecule has 11 heteroatoms. The molecule has 35 heavy (non-hydrogen) atoms. The molecule has 0 bridgehead atoms. The maximum absolute atomic E-state index is 11.8. The summed E-state index contributed by atoms with van der Waals surface area (Å²) in [6.07, 6.45) is 0. The van der Waals surface area contributed by atoms with Gasteiger partial charge in [0.1, 0.15) is 0 Å². The normalized spacial score (nSPS) is 24.7. The molecule has 0 aromatic heterocycles. The predicted octanol–water partition coefficient (Wildman–Crippen LogP) is 7.29. The van der Waals surface area contributed by atoms with Crippen LogP contribution in [0.25, 0.3) is 0 Å². The van der Waals surface area contributed by atoms with E-state index >= 15 is 0 Å². The van der Waals surface area contributed by atoms with E-state index in [1.807, 2.05) is 0 Å². The third-order valence-corrected chi connectivity index (χ3v) is 18.2. The second-order valence-corrected chi connectivity index (χ2v) is 19.2. The van der Waals surface area contributed by atoms with Crippen LogP contribution >= 0.6 is 106 Å². The van der Waals surface area contributed by atoms with E-state index in [4.69, 9.17) is 0 Å². The topological polar surface area (TPSA) is 34.1 Å². The molecule has 2 saturated heterocycles. The molecule has 2 aliphatic heterocycles. The van der Waals surface area contributed by atoms with Gasteiger partial charge in [-0.2, -0.15) is 82.3 Å². The van der Waals surface area contributed by atoms with Crippen molar-refractivity contribution in [2.24, 2.45) is 0 Å². The van der Waals surface area contributed by atoms with E-state index in [1.165, 1.54) is 81.1 Å². The second-order valence-electron chi connectivity index (χ2n) is 8.35. The quantitative estimate of drug-likeness (QED) is 0.125. The molecule has 2 nitrogen and oxygen atoms in total. The zero-order chi connectivity index (χ0) is 25.5. The average molecular weight is 647 g/mol. The summed E-state index contributed by atoms with van der Waals surface area (Å²) in [5, 5.41) is 2.97. The molecule has 0 spiro atoms. The fraction of sp³-hybridized carbons (Fsp3) is 0.750. The van der Waals surface area contributed by atoms with Crippen molar-refractivity contribution >= 4 is 116 Å². The van der Waals surface area contributed by atoms with E-state index in [0.717, 1.165) is 22.0 Å². The van der Waals surface area contributed by atoms with Gasteiger partial charge in [0.15, 0.2) is 0 Å². The lowest BCUT2D eigenvalue weighted by atomic mass is 10.4. The Balaban J connectivity index is 1.39. The highest BCUT2D eigenvalue weighted by Gasteiger charge is 2.24. The number of hydrogen-bond acceptors (Lipinski definition) is 11. The Morgan fingerprint density at radius 2 is 1.09 bits per heavy atom. The highest BCUT2D eigenvalue weighted by atomic mass is 32.2. The molecule has 200 valence electrons. The fourth-order valence-electron chi connectivity index (χ4n) is 2.98. The molecular formula is C24H38O2S9. The van der Waals surface area contributed by atoms with Gasteiger partial charge >= 0.3 is 0 Å². The summed E-state index contributed by atoms with van der Waals surface area (Å²) in [4.78, 5) is 23.5. The summed E-state index contributed by atoms with van der Waals surface area (Å²) in [7, 11) is 0. The molecule has 2 rings (SSSR count). The Morgan fingerprint density at radius 1 is 0.657 bits per heavy atom. The van der Waals surface area contributed by atoms with Crippen LogP contribution in [0.5, 0.6) is 0 Å². The fourth-order valence-corrected chi connectivity index (χ4v) is 15.6. The highest BCUT2D eigenvalue weighted by Crippen LogP contribution is 2.35. The van der Waals surface area contributed by atoms with E-state index in [-0.39, 0.29) is 10.2 Å². The summed E-state index contributed by atoms with van der Waals surface area (Å²) in [5.41, 5.74) is 1.32. The third-order valence-electron chi connectivity index (χ3n) is 4.88. The summed E-state index contributed by atoms with van der Waals surface area (Å²) in [6.45, 7) is 11.1. The summed E-state index contributed by atoms with van der Waals surface area (Å²) < 4.78 is 0. The molecule has 2 heterocycles. The van der Waals surface area contributed by atoms with Crippen LogP contribution in [0, 0.1) is 0 Å². The van der Waals surface area contributed by atoms with Crippen LogP contribution in [-0.4, -0.2) is 100 Å². The average Bonchev–Trinajstić information content (AvgIpc) is 2.85. The van der Waals surface area contributed by atoms with Crippen LogP contribution in [0.1, 0.15) is 13.8 Å². The number of carbonyl (C=O) groups excluding carboxylic acids is 2. The first kappa shape index (κ1) is 33.2. The molecule has 0 aliphatic carbocycles. The standard InChI is InChI=1S/C24H38O2S9/c1-17(2)23(25)33-15-20-14-31-19(13-32-20)9-28-7-5-27-6-8-29-10-21-11-30-12-22(35-21)16-34-24(26)18(3)4/h19-22H,1,3,5-16H2,2,4H3. The summed E-state index contributed by atoms with van der Waals surface area (Å²) in [6, 6.07) is 0. The molecular weight excluding hydrogens is 609 g/mol. The zero-order valence-electron chi connectivity index (χ0n) is 20.7. The minimum Gasteiger partial charge on any atom is -0.282 e. The van der Waals surface area contributed by atoms with Gasteiger partial charge in [-0.3, -0.25) is 9.59 Å². The smallest absolute Gasteiger partial charge is 0.214 e. The Kier molecular flexibility index (Phi) is 18.9. The van der Waals surface area contributed by atoms with Crippen molar-refractivity contribution in [2.45, 2.75) is 34.8 Å². The van der Waals surface area contributed by atoms with Crippen molar-refractivity contribution in [3.8, 4) is 0 Å². The molecule has 0 N–H and O–H groups in total. The molecule has 4 unspecified atom stereocenters. The molecule has 0 aromatic carbocycles. The number of hydrogen-bond donors (Lipinski definition) is 0. The highest BCUT2D eigenvalue weighted by molar-refractivity contribution is 8.16. The van der Waals surface area contributed by atoms with Crippen molar-refractivity contribution in [1.29, 1.82) is 0 Å². The first-order valence-corrected chi connectivity index (χ1v) is 21.3. The molecule has 4 atom stereocenters. The van der Waals surface area contributed by atoms with Crippen molar-refractivity contribution in [1.82, 2.24) is 0 Å². The van der Waals surface area contributed by atoms with Gasteiger partial charge in [-0.05, 0) is 25.0 Å². The van der Waals surface area contributed by atoms with Gasteiger partial charge in [0.25, 0.3) is 0 Å². The van der Waals surface area contributed by atoms with Gasteiger partial charge in [0.05, 0.1) is 0 Å². The van der Waals surface area contributed by atoms with Crippen LogP contribution in [0.2, 0.25) is 0 Å². The van der Waals surface area contributed by atoms with Gasteiger partial charge in [0.2, 0.25) is 10.2 Å². The number of rotatable bonds is 16. The van der Waals surface area contributed by atoms with Crippen LogP contribution in [-0.2, 0) is 9.59 Å². The number of thioether (sulfide) groups is 9. The molecule has 2 fully saturated rings. The van der Waals surface area contributed by atoms with E-state index in [2.05, 4.69) is 95.5 Å². The largest absolute Gasteiger partial charge is 0.282 e. The van der Waals surface area contributed by atoms with Gasteiger partial charge < -0.3 is 0 Å². The van der Waals surface area contributed by atoms with Crippen molar-refractivity contribution in [3.05, 3.63) is 24.3 Å². The van der Waals surface area contributed by atoms with Crippen molar-refractivity contribution in [3.63, 3.8) is 0 Å². The summed E-state index contributed by atoms with van der Waals surface area (Å²) >= 11 is 17.5. The first-order valence-electron chi connectivity index (χ1n) is 11.7. The second kappa shape index (κ2) is 19.9. The lowest BCUT2D eigenvalue weighted by Gasteiger charge is -2.28. The van der Waals surface area contributed by atoms with Gasteiger partial charge in [-0.15, -0.1) is 0 Å². The van der Waals surface area contributed by atoms with Crippen molar-refractivity contribution < 1.29 is 9.59 Å². The minimum atomic E-state index is 0.146. The number of carbonyl (C=O) groups is 2. The first-order chi connectivity index (χ1) is 16.8. The molecule has 0 radical (unpaired) electrons. The Morgan fingerprint density at radius 3 is 1.60 bits per heavy atom. The third kappa shape index (κ3) is 15.4. The molecule has 0 saturated carbocycles. The predicted molar refractivity (Wildman–Crippen MR) is 182 cm³/mol. The molecule has 0 aromatic rings. The Hall–Kier alpha value is 1.97. The van der Waals surface area contributed by atoms with Crippen LogP contribution < -0.4 is 0 Å². The van der Waals surface area contributed by atoms with Crippen LogP contribution in [0.3, 0.4) is 0 Å². The van der Waals surface area contributed by atoms with Gasteiger partial charge in [-0.1, -0.05) is 36.7 Å². The molecule has 2 aliphatic rings. The lowest BCUT2D eigenvalue weighted by molar-refractivity contribution is -0.108. The maximum atomic E-state index is 11.8. The Bertz CT molecular complexity index is 680. The van der Waals surface area contributed by atoms with E-state index in [9.17, 15) is 9.59 Å². The lowest BCUT2D eigenvalue weighted by Crippen LogP contribution is -2.26. The van der Waals surface area contributed by atoms with E-state index in [1.54, 1.807) is 13.8 Å². The monoisotopic (exact) mass is 646 g/mol. The maximum Gasteiger partial charge on any atom is 0.214 e.